The number of rotatable bonds is 3. The zero-order valence-corrected chi connectivity index (χ0v) is 10.2. The fraction of sp³-hybridized carbons (Fsp3) is 0.917. The molecule has 0 aromatic rings. The van der Waals surface area contributed by atoms with Gasteiger partial charge in [0.2, 0.25) is 0 Å². The number of hydrogen-bond acceptors (Lipinski definition) is 2. The second kappa shape index (κ2) is 6.11. The SMILES string of the molecule is CC(OC1CCCCCC1)C(=O)N(C)C. The van der Waals surface area contributed by atoms with Crippen molar-refractivity contribution in [2.24, 2.45) is 0 Å². The van der Waals surface area contributed by atoms with E-state index in [1.54, 1.807) is 19.0 Å². The van der Waals surface area contributed by atoms with Gasteiger partial charge in [0.25, 0.3) is 5.91 Å². The molecule has 0 aromatic carbocycles. The standard InChI is InChI=1S/C12H23NO2/c1-10(12(14)13(2)3)15-11-8-6-4-5-7-9-11/h10-11H,4-9H2,1-3H3. The van der Waals surface area contributed by atoms with Gasteiger partial charge in [0, 0.05) is 14.1 Å². The number of amides is 1. The lowest BCUT2D eigenvalue weighted by Gasteiger charge is -2.22. The summed E-state index contributed by atoms with van der Waals surface area (Å²) in [6.07, 6.45) is 7.36. The molecule has 1 fully saturated rings. The van der Waals surface area contributed by atoms with Crippen LogP contribution in [0, 0.1) is 0 Å². The molecule has 1 saturated carbocycles. The minimum atomic E-state index is -0.289. The molecule has 1 rings (SSSR count). The van der Waals surface area contributed by atoms with E-state index >= 15 is 0 Å². The van der Waals surface area contributed by atoms with Gasteiger partial charge < -0.3 is 9.64 Å². The summed E-state index contributed by atoms with van der Waals surface area (Å²) in [6, 6.07) is 0. The van der Waals surface area contributed by atoms with Crippen molar-refractivity contribution >= 4 is 5.91 Å². The lowest BCUT2D eigenvalue weighted by Crippen LogP contribution is -2.35. The molecule has 88 valence electrons. The van der Waals surface area contributed by atoms with Crippen LogP contribution >= 0.6 is 0 Å². The Labute approximate surface area is 92.8 Å². The van der Waals surface area contributed by atoms with Crippen molar-refractivity contribution in [1.29, 1.82) is 0 Å². The van der Waals surface area contributed by atoms with Crippen LogP contribution in [0.25, 0.3) is 0 Å². The van der Waals surface area contributed by atoms with Gasteiger partial charge >= 0.3 is 0 Å². The van der Waals surface area contributed by atoms with Crippen LogP contribution < -0.4 is 0 Å². The van der Waals surface area contributed by atoms with Gasteiger partial charge in [-0.15, -0.1) is 0 Å². The molecule has 0 radical (unpaired) electrons. The molecule has 3 heteroatoms. The smallest absolute Gasteiger partial charge is 0.250 e. The second-order valence-electron chi connectivity index (χ2n) is 4.62. The van der Waals surface area contributed by atoms with Gasteiger partial charge in [0.1, 0.15) is 6.10 Å². The van der Waals surface area contributed by atoms with Crippen LogP contribution in [0.4, 0.5) is 0 Å². The molecule has 1 atom stereocenters. The van der Waals surface area contributed by atoms with E-state index in [4.69, 9.17) is 4.74 Å². The highest BCUT2D eigenvalue weighted by atomic mass is 16.5. The quantitative estimate of drug-likeness (QED) is 0.673. The van der Waals surface area contributed by atoms with Crippen molar-refractivity contribution in [3.05, 3.63) is 0 Å². The van der Waals surface area contributed by atoms with Crippen molar-refractivity contribution in [2.45, 2.75) is 57.7 Å². The molecule has 0 heterocycles. The van der Waals surface area contributed by atoms with Crippen LogP contribution in [0.1, 0.15) is 45.4 Å². The molecule has 0 aromatic heterocycles. The van der Waals surface area contributed by atoms with Gasteiger partial charge in [-0.3, -0.25) is 4.79 Å². The number of nitrogens with zero attached hydrogens (tertiary/aromatic N) is 1. The van der Waals surface area contributed by atoms with E-state index in [2.05, 4.69) is 0 Å². The predicted octanol–water partition coefficient (Wildman–Crippen LogP) is 2.20. The van der Waals surface area contributed by atoms with Crippen LogP contribution in [0.5, 0.6) is 0 Å². The van der Waals surface area contributed by atoms with Crippen LogP contribution in [0.3, 0.4) is 0 Å². The lowest BCUT2D eigenvalue weighted by molar-refractivity contribution is -0.144. The fourth-order valence-corrected chi connectivity index (χ4v) is 2.09. The van der Waals surface area contributed by atoms with Crippen LogP contribution in [-0.4, -0.2) is 37.1 Å². The molecular weight excluding hydrogens is 190 g/mol. The summed E-state index contributed by atoms with van der Waals surface area (Å²) in [5, 5.41) is 0. The van der Waals surface area contributed by atoms with E-state index < -0.39 is 0 Å². The summed E-state index contributed by atoms with van der Waals surface area (Å²) in [6.45, 7) is 1.85. The highest BCUT2D eigenvalue weighted by molar-refractivity contribution is 5.79. The summed E-state index contributed by atoms with van der Waals surface area (Å²) in [7, 11) is 3.55. The Morgan fingerprint density at radius 2 is 1.73 bits per heavy atom. The number of ether oxygens (including phenoxy) is 1. The van der Waals surface area contributed by atoms with Crippen molar-refractivity contribution in [3.8, 4) is 0 Å². The average molecular weight is 213 g/mol. The first-order chi connectivity index (χ1) is 7.11. The Morgan fingerprint density at radius 1 is 1.20 bits per heavy atom. The number of likely N-dealkylation sites (N-methyl/N-ethyl adjacent to an activating group) is 1. The van der Waals surface area contributed by atoms with Gasteiger partial charge in [-0.25, -0.2) is 0 Å². The van der Waals surface area contributed by atoms with E-state index in [0.29, 0.717) is 6.10 Å². The minimum absolute atomic E-state index is 0.0687. The summed E-state index contributed by atoms with van der Waals surface area (Å²) in [5.41, 5.74) is 0. The van der Waals surface area contributed by atoms with Gasteiger partial charge in [-0.05, 0) is 19.8 Å². The van der Waals surface area contributed by atoms with Crippen LogP contribution in [0.15, 0.2) is 0 Å². The Morgan fingerprint density at radius 3 is 2.20 bits per heavy atom. The Balaban J connectivity index is 2.35. The maximum Gasteiger partial charge on any atom is 0.250 e. The zero-order chi connectivity index (χ0) is 11.3. The summed E-state index contributed by atoms with van der Waals surface area (Å²) in [5.74, 6) is 0.0687. The Hall–Kier alpha value is -0.570. The monoisotopic (exact) mass is 213 g/mol. The van der Waals surface area contributed by atoms with Crippen molar-refractivity contribution in [2.75, 3.05) is 14.1 Å². The molecule has 1 unspecified atom stereocenters. The fourth-order valence-electron chi connectivity index (χ4n) is 2.09. The maximum absolute atomic E-state index is 11.6. The van der Waals surface area contributed by atoms with E-state index in [1.807, 2.05) is 6.92 Å². The van der Waals surface area contributed by atoms with E-state index in [0.717, 1.165) is 12.8 Å². The average Bonchev–Trinajstić information content (AvgIpc) is 2.45. The maximum atomic E-state index is 11.6. The molecule has 0 spiro atoms. The molecule has 0 aliphatic heterocycles. The molecule has 1 aliphatic rings. The summed E-state index contributed by atoms with van der Waals surface area (Å²) < 4.78 is 5.80. The first-order valence-corrected chi connectivity index (χ1v) is 5.98. The third-order valence-corrected chi connectivity index (χ3v) is 2.99. The normalized spacial score (nSPS) is 20.7. The molecule has 0 N–H and O–H groups in total. The van der Waals surface area contributed by atoms with Crippen LogP contribution in [0.2, 0.25) is 0 Å². The molecule has 1 aliphatic carbocycles. The van der Waals surface area contributed by atoms with Crippen molar-refractivity contribution in [3.63, 3.8) is 0 Å². The topological polar surface area (TPSA) is 29.5 Å². The number of carbonyl (C=O) groups is 1. The number of carbonyl (C=O) groups excluding carboxylic acids is 1. The number of hydrogen-bond donors (Lipinski definition) is 0. The molecule has 1 amide bonds. The van der Waals surface area contributed by atoms with Crippen molar-refractivity contribution in [1.82, 2.24) is 4.90 Å². The largest absolute Gasteiger partial charge is 0.365 e. The lowest BCUT2D eigenvalue weighted by atomic mass is 10.1. The molecule has 0 saturated heterocycles. The van der Waals surface area contributed by atoms with E-state index in [1.165, 1.54) is 25.7 Å². The first-order valence-electron chi connectivity index (χ1n) is 5.98. The van der Waals surface area contributed by atoms with E-state index in [-0.39, 0.29) is 12.0 Å². The molecule has 3 nitrogen and oxygen atoms in total. The molecule has 0 bridgehead atoms. The van der Waals surface area contributed by atoms with Gasteiger partial charge in [0.15, 0.2) is 0 Å². The summed E-state index contributed by atoms with van der Waals surface area (Å²) >= 11 is 0. The summed E-state index contributed by atoms with van der Waals surface area (Å²) in [4.78, 5) is 13.2. The van der Waals surface area contributed by atoms with Gasteiger partial charge in [-0.1, -0.05) is 25.7 Å². The third-order valence-electron chi connectivity index (χ3n) is 2.99. The van der Waals surface area contributed by atoms with Crippen molar-refractivity contribution < 1.29 is 9.53 Å². The predicted molar refractivity (Wildman–Crippen MR) is 60.7 cm³/mol. The molecule has 15 heavy (non-hydrogen) atoms. The Kier molecular flexibility index (Phi) is 5.09. The third kappa shape index (κ3) is 4.20. The molecular formula is C12H23NO2. The van der Waals surface area contributed by atoms with Gasteiger partial charge in [-0.2, -0.15) is 0 Å². The second-order valence-corrected chi connectivity index (χ2v) is 4.62. The minimum Gasteiger partial charge on any atom is -0.365 e. The van der Waals surface area contributed by atoms with Crippen LogP contribution in [-0.2, 0) is 9.53 Å². The highest BCUT2D eigenvalue weighted by Gasteiger charge is 2.21. The van der Waals surface area contributed by atoms with E-state index in [9.17, 15) is 4.79 Å². The zero-order valence-electron chi connectivity index (χ0n) is 10.2. The highest BCUT2D eigenvalue weighted by Crippen LogP contribution is 2.21. The first kappa shape index (κ1) is 12.5. The van der Waals surface area contributed by atoms with Gasteiger partial charge in [0.05, 0.1) is 6.10 Å². The Bertz CT molecular complexity index is 196.